The molecule has 0 spiro atoms. The van der Waals surface area contributed by atoms with Gasteiger partial charge in [0.05, 0.1) is 12.0 Å². The zero-order valence-corrected chi connectivity index (χ0v) is 10.5. The van der Waals surface area contributed by atoms with Gasteiger partial charge in [0.2, 0.25) is 5.91 Å². The Morgan fingerprint density at radius 3 is 2.89 bits per heavy atom. The van der Waals surface area contributed by atoms with Crippen LogP contribution in [0.2, 0.25) is 0 Å². The van der Waals surface area contributed by atoms with Gasteiger partial charge in [0, 0.05) is 19.5 Å². The van der Waals surface area contributed by atoms with Crippen LogP contribution in [-0.4, -0.2) is 23.9 Å². The van der Waals surface area contributed by atoms with Crippen molar-refractivity contribution in [2.24, 2.45) is 5.92 Å². The Balaban J connectivity index is 1.83. The van der Waals surface area contributed by atoms with Gasteiger partial charge in [-0.2, -0.15) is 5.26 Å². The van der Waals surface area contributed by atoms with E-state index < -0.39 is 0 Å². The molecule has 1 aliphatic heterocycles. The minimum absolute atomic E-state index is 0.0272. The van der Waals surface area contributed by atoms with Gasteiger partial charge >= 0.3 is 0 Å². The Labute approximate surface area is 108 Å². The molecule has 1 heterocycles. The lowest BCUT2D eigenvalue weighted by molar-refractivity contribution is -0.132. The standard InChI is InChI=1S/C15H18N2O/c16-11-14-7-4-10-17(12-14)15(18)9-8-13-5-2-1-3-6-13/h1-3,5-6,14H,4,7-10,12H2. The van der Waals surface area contributed by atoms with Crippen LogP contribution in [0.5, 0.6) is 0 Å². The van der Waals surface area contributed by atoms with Crippen LogP contribution >= 0.6 is 0 Å². The number of aryl methyl sites for hydroxylation is 1. The van der Waals surface area contributed by atoms with Crippen molar-refractivity contribution in [3.8, 4) is 6.07 Å². The topological polar surface area (TPSA) is 44.1 Å². The first-order chi connectivity index (χ1) is 8.79. The van der Waals surface area contributed by atoms with E-state index in [9.17, 15) is 4.79 Å². The summed E-state index contributed by atoms with van der Waals surface area (Å²) in [5.41, 5.74) is 1.19. The fourth-order valence-corrected chi connectivity index (χ4v) is 2.36. The van der Waals surface area contributed by atoms with Crippen molar-refractivity contribution in [3.63, 3.8) is 0 Å². The molecule has 0 aliphatic carbocycles. The van der Waals surface area contributed by atoms with E-state index >= 15 is 0 Å². The molecule has 1 saturated heterocycles. The molecule has 0 aromatic heterocycles. The summed E-state index contributed by atoms with van der Waals surface area (Å²) in [5, 5.41) is 8.91. The second-order valence-corrected chi connectivity index (χ2v) is 4.79. The van der Waals surface area contributed by atoms with Crippen molar-refractivity contribution in [2.75, 3.05) is 13.1 Å². The predicted molar refractivity (Wildman–Crippen MR) is 69.7 cm³/mol. The number of carbonyl (C=O) groups excluding carboxylic acids is 1. The highest BCUT2D eigenvalue weighted by Crippen LogP contribution is 2.16. The molecule has 3 heteroatoms. The third-order valence-corrected chi connectivity index (χ3v) is 3.43. The van der Waals surface area contributed by atoms with E-state index in [0.717, 1.165) is 25.8 Å². The Hall–Kier alpha value is -1.82. The van der Waals surface area contributed by atoms with Gasteiger partial charge in [0.1, 0.15) is 0 Å². The first-order valence-electron chi connectivity index (χ1n) is 6.51. The van der Waals surface area contributed by atoms with Gasteiger partial charge in [0.25, 0.3) is 0 Å². The number of hydrogen-bond acceptors (Lipinski definition) is 2. The molecule has 0 saturated carbocycles. The van der Waals surface area contributed by atoms with E-state index in [1.165, 1.54) is 5.56 Å². The number of amides is 1. The van der Waals surface area contributed by atoms with Crippen molar-refractivity contribution in [1.82, 2.24) is 4.90 Å². The number of likely N-dealkylation sites (tertiary alicyclic amines) is 1. The molecule has 1 fully saturated rings. The maximum Gasteiger partial charge on any atom is 0.222 e. The molecule has 3 nitrogen and oxygen atoms in total. The maximum absolute atomic E-state index is 12.0. The first-order valence-corrected chi connectivity index (χ1v) is 6.51. The highest BCUT2D eigenvalue weighted by atomic mass is 16.2. The Bertz CT molecular complexity index is 436. The van der Waals surface area contributed by atoms with Gasteiger partial charge in [0.15, 0.2) is 0 Å². The van der Waals surface area contributed by atoms with Crippen molar-refractivity contribution >= 4 is 5.91 Å². The highest BCUT2D eigenvalue weighted by molar-refractivity contribution is 5.76. The van der Waals surface area contributed by atoms with E-state index in [0.29, 0.717) is 13.0 Å². The third kappa shape index (κ3) is 3.33. The summed E-state index contributed by atoms with van der Waals surface area (Å²) in [6.07, 6.45) is 3.21. The number of rotatable bonds is 3. The van der Waals surface area contributed by atoms with Gasteiger partial charge < -0.3 is 4.90 Å². The fraction of sp³-hybridized carbons (Fsp3) is 0.467. The van der Waals surface area contributed by atoms with Gasteiger partial charge in [-0.25, -0.2) is 0 Å². The SMILES string of the molecule is N#CC1CCCN(C(=O)CCc2ccccc2)C1. The average molecular weight is 242 g/mol. The van der Waals surface area contributed by atoms with Crippen LogP contribution in [0.1, 0.15) is 24.8 Å². The second kappa shape index (κ2) is 6.20. The lowest BCUT2D eigenvalue weighted by atomic mass is 9.99. The summed E-state index contributed by atoms with van der Waals surface area (Å²) in [6.45, 7) is 1.43. The highest BCUT2D eigenvalue weighted by Gasteiger charge is 2.22. The number of hydrogen-bond donors (Lipinski definition) is 0. The van der Waals surface area contributed by atoms with E-state index in [1.54, 1.807) is 0 Å². The zero-order valence-electron chi connectivity index (χ0n) is 10.5. The van der Waals surface area contributed by atoms with E-state index in [2.05, 4.69) is 6.07 Å². The van der Waals surface area contributed by atoms with Crippen LogP contribution in [0.3, 0.4) is 0 Å². The molecule has 2 rings (SSSR count). The molecule has 1 aliphatic rings. The number of nitrogens with zero attached hydrogens (tertiary/aromatic N) is 2. The van der Waals surface area contributed by atoms with Crippen LogP contribution in [0.25, 0.3) is 0 Å². The third-order valence-electron chi connectivity index (χ3n) is 3.43. The number of carbonyl (C=O) groups is 1. The molecule has 94 valence electrons. The van der Waals surface area contributed by atoms with Crippen molar-refractivity contribution < 1.29 is 4.79 Å². The minimum Gasteiger partial charge on any atom is -0.341 e. The van der Waals surface area contributed by atoms with Crippen molar-refractivity contribution in [2.45, 2.75) is 25.7 Å². The van der Waals surface area contributed by atoms with Crippen LogP contribution in [-0.2, 0) is 11.2 Å². The summed E-state index contributed by atoms with van der Waals surface area (Å²) >= 11 is 0. The van der Waals surface area contributed by atoms with Crippen LogP contribution in [0.4, 0.5) is 0 Å². The molecule has 1 aromatic carbocycles. The van der Waals surface area contributed by atoms with Crippen molar-refractivity contribution in [3.05, 3.63) is 35.9 Å². The van der Waals surface area contributed by atoms with Crippen LogP contribution < -0.4 is 0 Å². The lowest BCUT2D eigenvalue weighted by Gasteiger charge is -2.29. The summed E-state index contributed by atoms with van der Waals surface area (Å²) in [7, 11) is 0. The molecule has 18 heavy (non-hydrogen) atoms. The van der Waals surface area contributed by atoms with E-state index in [1.807, 2.05) is 35.2 Å². The smallest absolute Gasteiger partial charge is 0.222 e. The maximum atomic E-state index is 12.0. The summed E-state index contributed by atoms with van der Waals surface area (Å²) < 4.78 is 0. The summed E-state index contributed by atoms with van der Waals surface area (Å²) in [5.74, 6) is 0.207. The number of piperidine rings is 1. The first kappa shape index (κ1) is 12.6. The molecule has 1 amide bonds. The van der Waals surface area contributed by atoms with Crippen LogP contribution in [0, 0.1) is 17.2 Å². The molecular formula is C15H18N2O. The fourth-order valence-electron chi connectivity index (χ4n) is 2.36. The summed E-state index contributed by atoms with van der Waals surface area (Å²) in [6, 6.07) is 12.3. The lowest BCUT2D eigenvalue weighted by Crippen LogP contribution is -2.39. The molecule has 0 bridgehead atoms. The molecule has 1 atom stereocenters. The monoisotopic (exact) mass is 242 g/mol. The number of benzene rings is 1. The minimum atomic E-state index is 0.0272. The van der Waals surface area contributed by atoms with Crippen molar-refractivity contribution in [1.29, 1.82) is 5.26 Å². The number of nitriles is 1. The van der Waals surface area contributed by atoms with Gasteiger partial charge in [-0.1, -0.05) is 30.3 Å². The van der Waals surface area contributed by atoms with E-state index in [4.69, 9.17) is 5.26 Å². The predicted octanol–water partition coefficient (Wildman–Crippen LogP) is 2.38. The molecule has 0 N–H and O–H groups in total. The Morgan fingerprint density at radius 2 is 2.17 bits per heavy atom. The van der Waals surface area contributed by atoms with E-state index in [-0.39, 0.29) is 11.8 Å². The molecule has 0 radical (unpaired) electrons. The van der Waals surface area contributed by atoms with Crippen LogP contribution in [0.15, 0.2) is 30.3 Å². The summed E-state index contributed by atoms with van der Waals surface area (Å²) in [4.78, 5) is 13.9. The zero-order chi connectivity index (χ0) is 12.8. The largest absolute Gasteiger partial charge is 0.341 e. The van der Waals surface area contributed by atoms with Gasteiger partial charge in [-0.15, -0.1) is 0 Å². The molecular weight excluding hydrogens is 224 g/mol. The normalized spacial score (nSPS) is 19.3. The van der Waals surface area contributed by atoms with Gasteiger partial charge in [-0.3, -0.25) is 4.79 Å². The quantitative estimate of drug-likeness (QED) is 0.816. The molecule has 1 aromatic rings. The van der Waals surface area contributed by atoms with Gasteiger partial charge in [-0.05, 0) is 24.8 Å². The Kier molecular flexibility index (Phi) is 4.35. The second-order valence-electron chi connectivity index (χ2n) is 4.79. The Morgan fingerprint density at radius 1 is 1.39 bits per heavy atom. The average Bonchev–Trinajstić information content (AvgIpc) is 2.46. The molecule has 1 unspecified atom stereocenters.